The van der Waals surface area contributed by atoms with Gasteiger partial charge in [-0.25, -0.2) is 9.97 Å². The highest BCUT2D eigenvalue weighted by Crippen LogP contribution is 2.53. The van der Waals surface area contributed by atoms with Gasteiger partial charge in [0, 0.05) is 0 Å². The average molecular weight is 577 g/mol. The number of aliphatic imine (C=N–C) groups is 1. The van der Waals surface area contributed by atoms with Gasteiger partial charge in [0.05, 0.1) is 52.8 Å². The van der Waals surface area contributed by atoms with Crippen molar-refractivity contribution in [3.63, 3.8) is 0 Å². The predicted octanol–water partition coefficient (Wildman–Crippen LogP) is 7.11. The third-order valence-electron chi connectivity index (χ3n) is 8.73. The molecule has 5 heterocycles. The van der Waals surface area contributed by atoms with E-state index in [2.05, 4.69) is 59.3 Å². The lowest BCUT2D eigenvalue weighted by Crippen LogP contribution is -2.59. The Morgan fingerprint density at radius 1 is 0.568 bits per heavy atom. The van der Waals surface area contributed by atoms with Crippen molar-refractivity contribution in [1.82, 2.24) is 25.3 Å². The number of hydrogen-bond donors (Lipinski definition) is 3. The first-order valence-corrected chi connectivity index (χ1v) is 14.6. The van der Waals surface area contributed by atoms with E-state index in [1.807, 2.05) is 72.8 Å². The first-order chi connectivity index (χ1) is 21.8. The van der Waals surface area contributed by atoms with Crippen LogP contribution in [0.5, 0.6) is 23.0 Å². The molecule has 0 amide bonds. The Morgan fingerprint density at radius 3 is 1.64 bits per heavy atom. The summed E-state index contributed by atoms with van der Waals surface area (Å²) >= 11 is 0. The second-order valence-corrected chi connectivity index (χ2v) is 11.1. The van der Waals surface area contributed by atoms with Crippen molar-refractivity contribution in [2.24, 2.45) is 4.99 Å². The first-order valence-electron chi connectivity index (χ1n) is 14.6. The molecule has 4 aliphatic rings. The van der Waals surface area contributed by atoms with Gasteiger partial charge < -0.3 is 24.3 Å². The van der Waals surface area contributed by atoms with Crippen molar-refractivity contribution >= 4 is 28.6 Å². The zero-order chi connectivity index (χ0) is 28.8. The zero-order valence-corrected chi connectivity index (χ0v) is 23.2. The minimum absolute atomic E-state index is 0.206. The third kappa shape index (κ3) is 3.20. The van der Waals surface area contributed by atoms with Crippen LogP contribution in [-0.2, 0) is 0 Å². The second-order valence-electron chi connectivity index (χ2n) is 11.1. The quantitative estimate of drug-likeness (QED) is 0.191. The summed E-state index contributed by atoms with van der Waals surface area (Å²) in [6.45, 7) is 0. The summed E-state index contributed by atoms with van der Waals surface area (Å²) < 4.78 is 12.8. The second kappa shape index (κ2) is 8.82. The number of para-hydroxylation sites is 8. The highest BCUT2D eigenvalue weighted by molar-refractivity contribution is 6.12. The maximum Gasteiger partial charge on any atom is 0.151 e. The number of fused-ring (bicyclic) bond motifs is 10. The molecule has 10 nitrogen and oxygen atoms in total. The van der Waals surface area contributed by atoms with E-state index in [1.54, 1.807) is 12.7 Å². The Morgan fingerprint density at radius 2 is 1.05 bits per heavy atom. The molecule has 44 heavy (non-hydrogen) atoms. The molecule has 10 heteroatoms. The van der Waals surface area contributed by atoms with Crippen LogP contribution in [0.4, 0.5) is 22.7 Å². The largest absolute Gasteiger partial charge is 0.453 e. The number of nitrogens with zero attached hydrogens (tertiary/aromatic N) is 5. The number of aromatic nitrogens is 4. The number of H-pyrrole nitrogens is 2. The van der Waals surface area contributed by atoms with Gasteiger partial charge >= 0.3 is 0 Å². The fourth-order valence-electron chi connectivity index (χ4n) is 6.88. The Bertz CT molecular complexity index is 2040. The lowest BCUT2D eigenvalue weighted by atomic mass is 9.89. The average Bonchev–Trinajstić information content (AvgIpc) is 3.76. The molecule has 3 atom stereocenters. The monoisotopic (exact) mass is 576 g/mol. The molecule has 6 aromatic rings. The standard InChI is InChI=1S/C34H24N8O2/c1-5-13-23-19(9-1)41(20-10-2-6-14-24(20)43-23)33-34(42-21-11-3-7-15-25(21)44-26-16-8-4-12-22(26)42)40-32-30-28(36-18-38-30)27-29(31(32)39-33)37-17-35-27/h1-18,31-33,39H,(H,35,37)(H,36,38). The number of benzene rings is 4. The van der Waals surface area contributed by atoms with Gasteiger partial charge in [-0.15, -0.1) is 0 Å². The molecule has 0 bridgehead atoms. The number of ether oxygens (including phenoxy) is 2. The normalized spacial score (nSPS) is 20.4. The van der Waals surface area contributed by atoms with E-state index >= 15 is 0 Å². The Kier molecular flexibility index (Phi) is 4.74. The first kappa shape index (κ1) is 23.7. The van der Waals surface area contributed by atoms with Crippen molar-refractivity contribution in [2.45, 2.75) is 18.2 Å². The summed E-state index contributed by atoms with van der Waals surface area (Å²) in [4.78, 5) is 26.2. The lowest BCUT2D eigenvalue weighted by Gasteiger charge is -2.47. The van der Waals surface area contributed by atoms with E-state index in [0.717, 1.165) is 74.4 Å². The van der Waals surface area contributed by atoms with Crippen LogP contribution in [0.2, 0.25) is 0 Å². The summed E-state index contributed by atoms with van der Waals surface area (Å²) in [5, 5.41) is 4.03. The summed E-state index contributed by atoms with van der Waals surface area (Å²) in [5.74, 6) is 3.89. The number of anilines is 4. The number of aromatic amines is 2. The molecule has 2 aromatic heterocycles. The molecule has 3 aliphatic heterocycles. The molecule has 0 saturated carbocycles. The molecular weight excluding hydrogens is 552 g/mol. The summed E-state index contributed by atoms with van der Waals surface area (Å²) in [5.41, 5.74) is 7.23. The maximum atomic E-state index is 6.41. The molecule has 4 aromatic carbocycles. The molecular formula is C34H24N8O2. The molecule has 0 fully saturated rings. The van der Waals surface area contributed by atoms with Gasteiger partial charge in [0.25, 0.3) is 0 Å². The highest BCUT2D eigenvalue weighted by Gasteiger charge is 2.48. The Hall–Kier alpha value is -5.87. The highest BCUT2D eigenvalue weighted by atomic mass is 16.5. The van der Waals surface area contributed by atoms with Gasteiger partial charge in [0.15, 0.2) is 23.0 Å². The fraction of sp³-hybridized carbons (Fsp3) is 0.0882. The molecule has 1 aliphatic carbocycles. The van der Waals surface area contributed by atoms with Gasteiger partial charge in [0.1, 0.15) is 29.4 Å². The molecule has 3 N–H and O–H groups in total. The molecule has 212 valence electrons. The van der Waals surface area contributed by atoms with Gasteiger partial charge in [-0.2, -0.15) is 0 Å². The lowest BCUT2D eigenvalue weighted by molar-refractivity contribution is 0.384. The van der Waals surface area contributed by atoms with Gasteiger partial charge in [-0.05, 0) is 48.5 Å². The van der Waals surface area contributed by atoms with Crippen LogP contribution in [0.3, 0.4) is 0 Å². The zero-order valence-electron chi connectivity index (χ0n) is 23.2. The van der Waals surface area contributed by atoms with Crippen LogP contribution in [0.15, 0.2) is 115 Å². The van der Waals surface area contributed by atoms with Crippen molar-refractivity contribution in [1.29, 1.82) is 0 Å². The van der Waals surface area contributed by atoms with Crippen molar-refractivity contribution < 1.29 is 9.47 Å². The van der Waals surface area contributed by atoms with Crippen LogP contribution >= 0.6 is 0 Å². The van der Waals surface area contributed by atoms with E-state index < -0.39 is 6.17 Å². The fourth-order valence-corrected chi connectivity index (χ4v) is 6.88. The number of amidine groups is 1. The predicted molar refractivity (Wildman–Crippen MR) is 166 cm³/mol. The van der Waals surface area contributed by atoms with E-state index in [9.17, 15) is 0 Å². The van der Waals surface area contributed by atoms with Crippen LogP contribution < -0.4 is 24.6 Å². The van der Waals surface area contributed by atoms with Crippen molar-refractivity contribution in [2.75, 3.05) is 9.80 Å². The number of nitrogens with one attached hydrogen (secondary N) is 3. The van der Waals surface area contributed by atoms with Gasteiger partial charge in [-0.1, -0.05) is 48.5 Å². The number of imidazole rings is 2. The third-order valence-corrected chi connectivity index (χ3v) is 8.73. The van der Waals surface area contributed by atoms with Crippen LogP contribution in [-0.4, -0.2) is 31.9 Å². The van der Waals surface area contributed by atoms with Crippen LogP contribution in [0, 0.1) is 0 Å². The van der Waals surface area contributed by atoms with E-state index in [-0.39, 0.29) is 12.1 Å². The summed E-state index contributed by atoms with van der Waals surface area (Å²) in [7, 11) is 0. The SMILES string of the molecule is c1ccc2c(c1)Oc1ccccc1N2C1=NC2c3[nH]cnc3-c3nc[nH]c3C2NC1N1c2ccccc2Oc2ccccc21. The number of hydrogen-bond acceptors (Lipinski definition) is 8. The van der Waals surface area contributed by atoms with E-state index in [1.165, 1.54) is 0 Å². The Labute approximate surface area is 251 Å². The number of rotatable bonds is 1. The van der Waals surface area contributed by atoms with E-state index in [0.29, 0.717) is 0 Å². The van der Waals surface area contributed by atoms with Gasteiger partial charge in [-0.3, -0.25) is 15.2 Å². The van der Waals surface area contributed by atoms with E-state index in [4.69, 9.17) is 14.5 Å². The Balaban J connectivity index is 1.26. The minimum Gasteiger partial charge on any atom is -0.453 e. The van der Waals surface area contributed by atoms with Crippen LogP contribution in [0.1, 0.15) is 23.5 Å². The van der Waals surface area contributed by atoms with Crippen LogP contribution in [0.25, 0.3) is 11.4 Å². The molecule has 0 radical (unpaired) electrons. The maximum absolute atomic E-state index is 6.41. The summed E-state index contributed by atoms with van der Waals surface area (Å²) in [6.07, 6.45) is 3.03. The smallest absolute Gasteiger partial charge is 0.151 e. The molecule has 0 saturated heterocycles. The minimum atomic E-state index is -0.428. The summed E-state index contributed by atoms with van der Waals surface area (Å²) in [6, 6.07) is 32.0. The van der Waals surface area contributed by atoms with Crippen molar-refractivity contribution in [3.8, 4) is 34.4 Å². The van der Waals surface area contributed by atoms with Crippen molar-refractivity contribution in [3.05, 3.63) is 121 Å². The molecule has 3 unspecified atom stereocenters. The molecule has 10 rings (SSSR count). The van der Waals surface area contributed by atoms with Gasteiger partial charge in [0.2, 0.25) is 0 Å². The topological polar surface area (TPSA) is 107 Å². The molecule has 0 spiro atoms.